The molecule has 0 bridgehead atoms. The van der Waals surface area contributed by atoms with Crippen LogP contribution in [-0.2, 0) is 4.74 Å². The summed E-state index contributed by atoms with van der Waals surface area (Å²) >= 11 is 0. The maximum Gasteiger partial charge on any atom is 0.340 e. The number of nitrogens with zero attached hydrogens (tertiary/aromatic N) is 2. The van der Waals surface area contributed by atoms with Gasteiger partial charge in [0.1, 0.15) is 19.0 Å². The summed E-state index contributed by atoms with van der Waals surface area (Å²) in [5.41, 5.74) is 0.866. The van der Waals surface area contributed by atoms with Crippen molar-refractivity contribution in [3.8, 4) is 11.5 Å². The summed E-state index contributed by atoms with van der Waals surface area (Å²) in [5, 5.41) is 0. The predicted octanol–water partition coefficient (Wildman–Crippen LogP) is 1.86. The van der Waals surface area contributed by atoms with E-state index in [1.807, 2.05) is 25.9 Å². The van der Waals surface area contributed by atoms with Gasteiger partial charge in [0, 0.05) is 26.2 Å². The van der Waals surface area contributed by atoms with E-state index in [1.165, 1.54) is 7.11 Å². The minimum Gasteiger partial charge on any atom is -0.486 e. The van der Waals surface area contributed by atoms with Gasteiger partial charge in [-0.2, -0.15) is 0 Å². The lowest BCUT2D eigenvalue weighted by atomic mass is 10.1. The van der Waals surface area contributed by atoms with E-state index in [0.717, 1.165) is 5.84 Å². The van der Waals surface area contributed by atoms with E-state index in [9.17, 15) is 4.79 Å². The Morgan fingerprint density at radius 1 is 1.25 bits per heavy atom. The van der Waals surface area contributed by atoms with Crippen LogP contribution in [0.15, 0.2) is 17.1 Å². The Labute approximate surface area is 118 Å². The summed E-state index contributed by atoms with van der Waals surface area (Å²) in [7, 11) is 5.11. The lowest BCUT2D eigenvalue weighted by Crippen LogP contribution is -2.19. The molecule has 6 nitrogen and oxygen atoms in total. The van der Waals surface area contributed by atoms with E-state index in [1.54, 1.807) is 12.1 Å². The molecule has 6 heteroatoms. The Bertz CT molecular complexity index is 552. The maximum atomic E-state index is 11.9. The zero-order chi connectivity index (χ0) is 14.7. The van der Waals surface area contributed by atoms with Crippen LogP contribution < -0.4 is 9.47 Å². The van der Waals surface area contributed by atoms with E-state index < -0.39 is 5.97 Å². The van der Waals surface area contributed by atoms with Crippen molar-refractivity contribution >= 4 is 17.5 Å². The van der Waals surface area contributed by atoms with Gasteiger partial charge in [-0.15, -0.1) is 0 Å². The third-order valence-corrected chi connectivity index (χ3v) is 3.00. The molecule has 0 unspecified atom stereocenters. The average Bonchev–Trinajstić information content (AvgIpc) is 2.45. The highest BCUT2D eigenvalue weighted by Gasteiger charge is 2.20. The summed E-state index contributed by atoms with van der Waals surface area (Å²) in [4.78, 5) is 18.2. The van der Waals surface area contributed by atoms with Gasteiger partial charge in [0.25, 0.3) is 0 Å². The average molecular weight is 278 g/mol. The molecular formula is C14H18N2O4. The highest BCUT2D eigenvalue weighted by Crippen LogP contribution is 2.37. The molecule has 0 aliphatic carbocycles. The number of benzene rings is 1. The summed E-state index contributed by atoms with van der Waals surface area (Å²) < 4.78 is 15.8. The van der Waals surface area contributed by atoms with Crippen molar-refractivity contribution in [3.05, 3.63) is 17.7 Å². The van der Waals surface area contributed by atoms with Gasteiger partial charge in [-0.05, 0) is 6.92 Å². The van der Waals surface area contributed by atoms with Gasteiger partial charge in [-0.25, -0.2) is 9.79 Å². The molecular weight excluding hydrogens is 260 g/mol. The van der Waals surface area contributed by atoms with Crippen LogP contribution in [-0.4, -0.2) is 51.1 Å². The highest BCUT2D eigenvalue weighted by atomic mass is 16.6. The molecule has 1 aromatic rings. The Kier molecular flexibility index (Phi) is 4.12. The van der Waals surface area contributed by atoms with Crippen molar-refractivity contribution in [1.82, 2.24) is 4.90 Å². The fraction of sp³-hybridized carbons (Fsp3) is 0.429. The van der Waals surface area contributed by atoms with Gasteiger partial charge >= 0.3 is 5.97 Å². The summed E-state index contributed by atoms with van der Waals surface area (Å²) in [6.45, 7) is 2.81. The minimum atomic E-state index is -0.452. The Hall–Kier alpha value is -2.24. The van der Waals surface area contributed by atoms with Crippen molar-refractivity contribution in [2.24, 2.45) is 4.99 Å². The number of hydrogen-bond donors (Lipinski definition) is 0. The van der Waals surface area contributed by atoms with Crippen molar-refractivity contribution in [2.45, 2.75) is 6.92 Å². The van der Waals surface area contributed by atoms with Crippen molar-refractivity contribution in [2.75, 3.05) is 34.4 Å². The van der Waals surface area contributed by atoms with Crippen LogP contribution in [0, 0.1) is 0 Å². The van der Waals surface area contributed by atoms with Gasteiger partial charge in [0.05, 0.1) is 18.4 Å². The molecule has 108 valence electrons. The summed E-state index contributed by atoms with van der Waals surface area (Å²) in [5.74, 6) is 1.45. The highest BCUT2D eigenvalue weighted by molar-refractivity contribution is 5.97. The molecule has 0 atom stereocenters. The zero-order valence-corrected chi connectivity index (χ0v) is 12.1. The molecule has 0 fully saturated rings. The third kappa shape index (κ3) is 2.84. The Morgan fingerprint density at radius 3 is 2.40 bits per heavy atom. The van der Waals surface area contributed by atoms with Gasteiger partial charge in [-0.3, -0.25) is 0 Å². The molecule has 1 heterocycles. The zero-order valence-electron chi connectivity index (χ0n) is 12.1. The molecule has 0 radical (unpaired) electrons. The van der Waals surface area contributed by atoms with E-state index in [2.05, 4.69) is 4.99 Å². The van der Waals surface area contributed by atoms with E-state index >= 15 is 0 Å². The van der Waals surface area contributed by atoms with E-state index in [4.69, 9.17) is 14.2 Å². The molecule has 20 heavy (non-hydrogen) atoms. The van der Waals surface area contributed by atoms with E-state index in [-0.39, 0.29) is 0 Å². The normalized spacial score (nSPS) is 13.9. The summed E-state index contributed by atoms with van der Waals surface area (Å²) in [6.07, 6.45) is 0. The molecule has 1 aliphatic heterocycles. The first-order valence-electron chi connectivity index (χ1n) is 6.27. The lowest BCUT2D eigenvalue weighted by Gasteiger charge is -2.20. The smallest absolute Gasteiger partial charge is 0.340 e. The number of methoxy groups -OCH3 is 1. The third-order valence-electron chi connectivity index (χ3n) is 3.00. The number of fused-ring (bicyclic) bond motifs is 1. The number of amidine groups is 1. The molecule has 1 aliphatic rings. The second-order valence-corrected chi connectivity index (χ2v) is 4.56. The van der Waals surface area contributed by atoms with Crippen LogP contribution in [0.4, 0.5) is 5.69 Å². The van der Waals surface area contributed by atoms with Crippen LogP contribution in [0.2, 0.25) is 0 Å². The first-order chi connectivity index (χ1) is 9.52. The van der Waals surface area contributed by atoms with Crippen LogP contribution in [0.5, 0.6) is 11.5 Å². The molecule has 0 saturated carbocycles. The van der Waals surface area contributed by atoms with Crippen LogP contribution in [0.25, 0.3) is 0 Å². The number of carbonyl (C=O) groups is 1. The molecule has 0 N–H and O–H groups in total. The molecule has 0 spiro atoms. The van der Waals surface area contributed by atoms with Crippen molar-refractivity contribution in [3.63, 3.8) is 0 Å². The largest absolute Gasteiger partial charge is 0.486 e. The Morgan fingerprint density at radius 2 is 1.85 bits per heavy atom. The first-order valence-corrected chi connectivity index (χ1v) is 6.27. The van der Waals surface area contributed by atoms with Gasteiger partial charge in [0.2, 0.25) is 0 Å². The second-order valence-electron chi connectivity index (χ2n) is 4.56. The number of ether oxygens (including phenoxy) is 3. The van der Waals surface area contributed by atoms with Crippen molar-refractivity contribution in [1.29, 1.82) is 0 Å². The van der Waals surface area contributed by atoms with Gasteiger partial charge in [-0.1, -0.05) is 0 Å². The van der Waals surface area contributed by atoms with Gasteiger partial charge in [0.15, 0.2) is 11.5 Å². The fourth-order valence-electron chi connectivity index (χ4n) is 1.72. The molecule has 0 aromatic heterocycles. The van der Waals surface area contributed by atoms with Gasteiger partial charge < -0.3 is 19.1 Å². The fourth-order valence-corrected chi connectivity index (χ4v) is 1.72. The standard InChI is InChI=1S/C14H18N2O4/c1-9(16(2)3)15-11-8-13-12(19-5-6-20-13)7-10(11)14(17)18-4/h7-8H,5-6H2,1-4H3. The molecule has 2 rings (SSSR count). The van der Waals surface area contributed by atoms with Crippen LogP contribution >= 0.6 is 0 Å². The van der Waals surface area contributed by atoms with Crippen molar-refractivity contribution < 1.29 is 19.0 Å². The van der Waals surface area contributed by atoms with Crippen LogP contribution in [0.1, 0.15) is 17.3 Å². The molecule has 1 aromatic carbocycles. The summed E-state index contributed by atoms with van der Waals surface area (Å²) in [6, 6.07) is 3.32. The predicted molar refractivity (Wildman–Crippen MR) is 75.2 cm³/mol. The number of carbonyl (C=O) groups excluding carboxylic acids is 1. The Balaban J connectivity index is 2.52. The number of rotatable bonds is 2. The topological polar surface area (TPSA) is 60.4 Å². The number of hydrogen-bond acceptors (Lipinski definition) is 5. The minimum absolute atomic E-state index is 0.359. The van der Waals surface area contributed by atoms with Crippen LogP contribution in [0.3, 0.4) is 0 Å². The first kappa shape index (κ1) is 14.2. The lowest BCUT2D eigenvalue weighted by molar-refractivity contribution is 0.0600. The monoisotopic (exact) mass is 278 g/mol. The molecule has 0 saturated heterocycles. The number of esters is 1. The maximum absolute atomic E-state index is 11.9. The molecule has 0 amide bonds. The quantitative estimate of drug-likeness (QED) is 0.469. The second kappa shape index (κ2) is 5.81. The number of aliphatic imine (C=N–C) groups is 1. The van der Waals surface area contributed by atoms with E-state index in [0.29, 0.717) is 36.0 Å². The SMILES string of the molecule is COC(=O)c1cc2c(cc1N=C(C)N(C)C)OCCO2.